The molecule has 2 aliphatic rings. The van der Waals surface area contributed by atoms with Crippen LogP contribution >= 0.6 is 11.6 Å². The largest absolute Gasteiger partial charge is 0.486 e. The highest BCUT2D eigenvalue weighted by atomic mass is 35.5. The molecule has 49 heavy (non-hydrogen) atoms. The highest BCUT2D eigenvalue weighted by molar-refractivity contribution is 7.92. The number of ether oxygens (including phenoxy) is 2. The summed E-state index contributed by atoms with van der Waals surface area (Å²) in [5.41, 5.74) is 1.81. The number of sulfonamides is 1. The summed E-state index contributed by atoms with van der Waals surface area (Å²) >= 11 is 6.37. The van der Waals surface area contributed by atoms with E-state index < -0.39 is 28.5 Å². The Balaban J connectivity index is 1.40. The van der Waals surface area contributed by atoms with Crippen LogP contribution in [0.1, 0.15) is 43.2 Å². The summed E-state index contributed by atoms with van der Waals surface area (Å²) in [4.78, 5) is 30.5. The highest BCUT2D eigenvalue weighted by Crippen LogP contribution is 2.36. The third kappa shape index (κ3) is 8.55. The van der Waals surface area contributed by atoms with E-state index in [0.717, 1.165) is 42.0 Å². The lowest BCUT2D eigenvalue weighted by atomic mass is 9.94. The topological polar surface area (TPSA) is 105 Å². The van der Waals surface area contributed by atoms with Gasteiger partial charge in [0.05, 0.1) is 10.6 Å². The molecule has 4 aromatic carbocycles. The SMILES string of the molecule is O=C(NC1CCCCC1)C(Cc1ccccc1)N(Cc1cccc(Cl)c1)C(=O)CN(c1ccc2c(c1)OCCO2)S(=O)(=O)c1ccccc1. The number of amides is 2. The van der Waals surface area contributed by atoms with Crippen molar-refractivity contribution in [2.45, 2.75) is 62.0 Å². The first-order chi connectivity index (χ1) is 23.8. The molecule has 256 valence electrons. The maximum Gasteiger partial charge on any atom is 0.264 e. The van der Waals surface area contributed by atoms with Gasteiger partial charge in [-0.1, -0.05) is 91.5 Å². The van der Waals surface area contributed by atoms with Crippen molar-refractivity contribution in [2.24, 2.45) is 0 Å². The van der Waals surface area contributed by atoms with Crippen LogP contribution in [0.4, 0.5) is 5.69 Å². The molecule has 1 N–H and O–H groups in total. The van der Waals surface area contributed by atoms with Gasteiger partial charge in [-0.25, -0.2) is 8.42 Å². The molecule has 0 radical (unpaired) electrons. The Morgan fingerprint density at radius 3 is 2.18 bits per heavy atom. The molecule has 1 aliphatic heterocycles. The Labute approximate surface area is 292 Å². The number of nitrogens with one attached hydrogen (secondary N) is 1. The van der Waals surface area contributed by atoms with Crippen molar-refractivity contribution in [3.63, 3.8) is 0 Å². The first kappa shape index (κ1) is 34.3. The first-order valence-corrected chi connectivity index (χ1v) is 18.5. The third-order valence-corrected chi connectivity index (χ3v) is 10.9. The number of benzene rings is 4. The molecule has 2 amide bonds. The van der Waals surface area contributed by atoms with Crippen LogP contribution < -0.4 is 19.1 Å². The van der Waals surface area contributed by atoms with Gasteiger partial charge >= 0.3 is 0 Å². The summed E-state index contributed by atoms with van der Waals surface area (Å²) < 4.78 is 41.1. The van der Waals surface area contributed by atoms with Crippen LogP contribution in [0, 0.1) is 0 Å². The third-order valence-electron chi connectivity index (χ3n) is 8.89. The molecule has 1 unspecified atom stereocenters. The van der Waals surface area contributed by atoms with E-state index in [4.69, 9.17) is 21.1 Å². The number of rotatable bonds is 12. The van der Waals surface area contributed by atoms with Crippen molar-refractivity contribution in [1.29, 1.82) is 0 Å². The van der Waals surface area contributed by atoms with Crippen molar-refractivity contribution in [3.8, 4) is 11.5 Å². The van der Waals surface area contributed by atoms with Crippen LogP contribution in [0.2, 0.25) is 5.02 Å². The number of fused-ring (bicyclic) bond motifs is 1. The maximum absolute atomic E-state index is 14.8. The number of halogens is 1. The van der Waals surface area contributed by atoms with E-state index in [1.807, 2.05) is 36.4 Å². The smallest absolute Gasteiger partial charge is 0.264 e. The Kier molecular flexibility index (Phi) is 11.1. The van der Waals surface area contributed by atoms with Crippen molar-refractivity contribution in [2.75, 3.05) is 24.1 Å². The van der Waals surface area contributed by atoms with Crippen LogP contribution in [0.25, 0.3) is 0 Å². The summed E-state index contributed by atoms with van der Waals surface area (Å²) in [6.45, 7) is 0.154. The van der Waals surface area contributed by atoms with E-state index in [9.17, 15) is 18.0 Å². The van der Waals surface area contributed by atoms with Gasteiger partial charge in [-0.3, -0.25) is 13.9 Å². The number of hydrogen-bond acceptors (Lipinski definition) is 6. The lowest BCUT2D eigenvalue weighted by Gasteiger charge is -2.35. The van der Waals surface area contributed by atoms with Gasteiger partial charge in [0.1, 0.15) is 25.8 Å². The maximum atomic E-state index is 14.8. The molecule has 4 aromatic rings. The summed E-state index contributed by atoms with van der Waals surface area (Å²) in [5, 5.41) is 3.71. The van der Waals surface area contributed by atoms with Crippen LogP contribution in [0.3, 0.4) is 0 Å². The van der Waals surface area contributed by atoms with E-state index in [1.54, 1.807) is 54.6 Å². The number of hydrogen-bond donors (Lipinski definition) is 1. The van der Waals surface area contributed by atoms with Crippen LogP contribution in [0.5, 0.6) is 11.5 Å². The Morgan fingerprint density at radius 2 is 1.47 bits per heavy atom. The summed E-state index contributed by atoms with van der Waals surface area (Å²) in [6, 6.07) is 28.5. The standard InChI is InChI=1S/C38H40ClN3O6S/c39-30-14-10-13-29(23-30)26-41(34(24-28-11-4-1-5-12-28)38(44)40-31-15-6-2-7-16-31)37(43)27-42(49(45,46)33-17-8-3-9-18-33)32-19-20-35-36(25-32)48-22-21-47-35/h1,3-5,8-14,17-20,23,25,31,34H,2,6-7,15-16,21-22,24,26-27H2,(H,40,44). The number of nitrogens with zero attached hydrogens (tertiary/aromatic N) is 2. The van der Waals surface area contributed by atoms with Gasteiger partial charge in [0.15, 0.2) is 11.5 Å². The zero-order chi connectivity index (χ0) is 34.2. The number of carbonyl (C=O) groups excluding carboxylic acids is 2. The molecule has 1 heterocycles. The van der Waals surface area contributed by atoms with Gasteiger partial charge in [-0.15, -0.1) is 0 Å². The van der Waals surface area contributed by atoms with E-state index in [0.29, 0.717) is 35.3 Å². The minimum Gasteiger partial charge on any atom is -0.486 e. The fourth-order valence-electron chi connectivity index (χ4n) is 6.37. The second kappa shape index (κ2) is 15.8. The zero-order valence-corrected chi connectivity index (χ0v) is 28.7. The Hall–Kier alpha value is -4.54. The summed E-state index contributed by atoms with van der Waals surface area (Å²) in [7, 11) is -4.25. The number of carbonyl (C=O) groups is 2. The van der Waals surface area contributed by atoms with Gasteiger partial charge < -0.3 is 19.7 Å². The normalized spacial score (nSPS) is 15.2. The van der Waals surface area contributed by atoms with Crippen LogP contribution in [-0.2, 0) is 32.6 Å². The molecule has 1 fully saturated rings. The average Bonchev–Trinajstić information content (AvgIpc) is 3.13. The van der Waals surface area contributed by atoms with E-state index >= 15 is 0 Å². The zero-order valence-electron chi connectivity index (χ0n) is 27.2. The molecular weight excluding hydrogens is 662 g/mol. The fourth-order valence-corrected chi connectivity index (χ4v) is 8.01. The molecule has 6 rings (SSSR count). The van der Waals surface area contributed by atoms with Gasteiger partial charge in [0.2, 0.25) is 11.8 Å². The Bertz CT molecular complexity index is 1850. The monoisotopic (exact) mass is 701 g/mol. The second-order valence-corrected chi connectivity index (χ2v) is 14.7. The van der Waals surface area contributed by atoms with Crippen molar-refractivity contribution in [3.05, 3.63) is 119 Å². The van der Waals surface area contributed by atoms with Crippen LogP contribution in [0.15, 0.2) is 108 Å². The molecule has 1 atom stereocenters. The van der Waals surface area contributed by atoms with Crippen molar-refractivity contribution in [1.82, 2.24) is 10.2 Å². The molecule has 1 aliphatic carbocycles. The van der Waals surface area contributed by atoms with Gasteiger partial charge in [-0.05, 0) is 60.4 Å². The number of anilines is 1. The highest BCUT2D eigenvalue weighted by Gasteiger charge is 2.36. The predicted molar refractivity (Wildman–Crippen MR) is 189 cm³/mol. The van der Waals surface area contributed by atoms with Crippen molar-refractivity contribution >= 4 is 39.1 Å². The fraction of sp³-hybridized carbons (Fsp3) is 0.316. The molecule has 11 heteroatoms. The minimum atomic E-state index is -4.25. The molecule has 0 bridgehead atoms. The summed E-state index contributed by atoms with van der Waals surface area (Å²) in [6.07, 6.45) is 5.17. The molecule has 0 spiro atoms. The van der Waals surface area contributed by atoms with Gasteiger partial charge in [-0.2, -0.15) is 0 Å². The Morgan fingerprint density at radius 1 is 0.796 bits per heavy atom. The van der Waals surface area contributed by atoms with Crippen molar-refractivity contribution < 1.29 is 27.5 Å². The van der Waals surface area contributed by atoms with E-state index in [1.165, 1.54) is 17.0 Å². The minimum absolute atomic E-state index is 0.00955. The van der Waals surface area contributed by atoms with Crippen LogP contribution in [-0.4, -0.2) is 57.0 Å². The molecule has 0 aromatic heterocycles. The molecule has 9 nitrogen and oxygen atoms in total. The predicted octanol–water partition coefficient (Wildman–Crippen LogP) is 6.40. The molecular formula is C38H40ClN3O6S. The van der Waals surface area contributed by atoms with E-state index in [2.05, 4.69) is 5.32 Å². The lowest BCUT2D eigenvalue weighted by molar-refractivity contribution is -0.140. The first-order valence-electron chi connectivity index (χ1n) is 16.6. The molecule has 1 saturated carbocycles. The quantitative estimate of drug-likeness (QED) is 0.184. The molecule has 0 saturated heterocycles. The summed E-state index contributed by atoms with van der Waals surface area (Å²) in [5.74, 6) is 0.0503. The second-order valence-electron chi connectivity index (χ2n) is 12.4. The average molecular weight is 702 g/mol. The van der Waals surface area contributed by atoms with Gasteiger partial charge in [0.25, 0.3) is 10.0 Å². The lowest BCUT2D eigenvalue weighted by Crippen LogP contribution is -2.55. The van der Waals surface area contributed by atoms with Gasteiger partial charge in [0, 0.05) is 30.1 Å². The van der Waals surface area contributed by atoms with E-state index in [-0.39, 0.29) is 35.5 Å².